The van der Waals surface area contributed by atoms with Crippen molar-refractivity contribution in [1.82, 2.24) is 0 Å². The highest BCUT2D eigenvalue weighted by atomic mass is 19.2. The van der Waals surface area contributed by atoms with Crippen LogP contribution in [0.1, 0.15) is 5.56 Å². The van der Waals surface area contributed by atoms with Crippen molar-refractivity contribution in [2.24, 2.45) is 0 Å². The Morgan fingerprint density at radius 2 is 1.83 bits per heavy atom. The van der Waals surface area contributed by atoms with Crippen LogP contribution in [0.25, 0.3) is 0 Å². The summed E-state index contributed by atoms with van der Waals surface area (Å²) in [5.74, 6) is -3.18. The van der Waals surface area contributed by atoms with Gasteiger partial charge in [-0.2, -0.15) is 4.39 Å². The van der Waals surface area contributed by atoms with Gasteiger partial charge in [0.2, 0.25) is 5.82 Å². The topological polar surface area (TPSA) is 29.5 Å². The summed E-state index contributed by atoms with van der Waals surface area (Å²) in [6.45, 7) is -0.375. The van der Waals surface area contributed by atoms with Crippen molar-refractivity contribution in [2.45, 2.75) is 6.61 Å². The van der Waals surface area contributed by atoms with Gasteiger partial charge in [0.1, 0.15) is 11.6 Å². The minimum Gasteiger partial charge on any atom is -0.454 e. The van der Waals surface area contributed by atoms with Gasteiger partial charge in [-0.05, 0) is 29.8 Å². The van der Waals surface area contributed by atoms with Crippen LogP contribution < -0.4 is 4.74 Å². The molecular weight excluding hydrogens is 245 g/mol. The normalized spacial score (nSPS) is 10.4. The van der Waals surface area contributed by atoms with E-state index in [4.69, 9.17) is 9.84 Å². The number of aliphatic hydroxyl groups excluding tert-OH is 1. The third kappa shape index (κ3) is 2.62. The molecule has 0 heterocycles. The SMILES string of the molecule is OCc1cc(F)cc(Oc2cccc(F)c2F)c1. The van der Waals surface area contributed by atoms with Crippen molar-refractivity contribution in [2.75, 3.05) is 0 Å². The molecule has 0 atom stereocenters. The van der Waals surface area contributed by atoms with Gasteiger partial charge in [-0.3, -0.25) is 0 Å². The molecular formula is C13H9F3O2. The van der Waals surface area contributed by atoms with Crippen LogP contribution in [-0.2, 0) is 6.61 Å². The Hall–Kier alpha value is -2.01. The Morgan fingerprint density at radius 3 is 2.56 bits per heavy atom. The van der Waals surface area contributed by atoms with E-state index in [-0.39, 0.29) is 23.7 Å². The summed E-state index contributed by atoms with van der Waals surface area (Å²) in [4.78, 5) is 0. The zero-order chi connectivity index (χ0) is 13.1. The van der Waals surface area contributed by atoms with Crippen LogP contribution in [0.15, 0.2) is 36.4 Å². The standard InChI is InChI=1S/C13H9F3O2/c14-9-4-8(7-17)5-10(6-9)18-12-3-1-2-11(15)13(12)16/h1-6,17H,7H2. The third-order valence-electron chi connectivity index (χ3n) is 2.26. The summed E-state index contributed by atoms with van der Waals surface area (Å²) in [5, 5.41) is 8.89. The molecule has 5 heteroatoms. The number of rotatable bonds is 3. The molecule has 94 valence electrons. The lowest BCUT2D eigenvalue weighted by Crippen LogP contribution is -1.93. The Labute approximate surface area is 101 Å². The predicted octanol–water partition coefficient (Wildman–Crippen LogP) is 3.39. The molecule has 0 fully saturated rings. The lowest BCUT2D eigenvalue weighted by atomic mass is 10.2. The van der Waals surface area contributed by atoms with Crippen LogP contribution in [0.4, 0.5) is 13.2 Å². The van der Waals surface area contributed by atoms with Crippen LogP contribution in [-0.4, -0.2) is 5.11 Å². The van der Waals surface area contributed by atoms with Gasteiger partial charge in [-0.1, -0.05) is 6.07 Å². The quantitative estimate of drug-likeness (QED) is 0.909. The lowest BCUT2D eigenvalue weighted by molar-refractivity contribution is 0.280. The van der Waals surface area contributed by atoms with E-state index in [0.29, 0.717) is 0 Å². The summed E-state index contributed by atoms with van der Waals surface area (Å²) in [6.07, 6.45) is 0. The second-order valence-corrected chi connectivity index (χ2v) is 3.61. The second-order valence-electron chi connectivity index (χ2n) is 3.61. The highest BCUT2D eigenvalue weighted by Crippen LogP contribution is 2.27. The number of hydrogen-bond acceptors (Lipinski definition) is 2. The maximum absolute atomic E-state index is 13.3. The molecule has 0 aliphatic rings. The van der Waals surface area contributed by atoms with E-state index >= 15 is 0 Å². The first-order valence-corrected chi connectivity index (χ1v) is 5.12. The Balaban J connectivity index is 2.34. The predicted molar refractivity (Wildman–Crippen MR) is 58.8 cm³/mol. The minimum absolute atomic E-state index is 0.0106. The zero-order valence-corrected chi connectivity index (χ0v) is 9.16. The van der Waals surface area contributed by atoms with Gasteiger partial charge in [-0.25, -0.2) is 8.78 Å². The monoisotopic (exact) mass is 254 g/mol. The van der Waals surface area contributed by atoms with Crippen molar-refractivity contribution in [3.05, 3.63) is 59.4 Å². The molecule has 0 unspecified atom stereocenters. The summed E-state index contributed by atoms with van der Waals surface area (Å²) in [5.41, 5.74) is 0.279. The molecule has 0 radical (unpaired) electrons. The molecule has 0 aliphatic carbocycles. The molecule has 0 spiro atoms. The third-order valence-corrected chi connectivity index (χ3v) is 2.26. The summed E-state index contributed by atoms with van der Waals surface area (Å²) in [7, 11) is 0. The van der Waals surface area contributed by atoms with E-state index in [0.717, 1.165) is 18.2 Å². The van der Waals surface area contributed by atoms with Crippen molar-refractivity contribution in [3.8, 4) is 11.5 Å². The molecule has 0 saturated carbocycles. The fourth-order valence-electron chi connectivity index (χ4n) is 1.46. The fourth-order valence-corrected chi connectivity index (χ4v) is 1.46. The van der Waals surface area contributed by atoms with Gasteiger partial charge in [0, 0.05) is 6.07 Å². The van der Waals surface area contributed by atoms with E-state index in [2.05, 4.69) is 0 Å². The Bertz CT molecular complexity index is 570. The highest BCUT2D eigenvalue weighted by Gasteiger charge is 2.10. The Kier molecular flexibility index (Phi) is 3.53. The molecule has 0 saturated heterocycles. The summed E-state index contributed by atoms with van der Waals surface area (Å²) >= 11 is 0. The molecule has 18 heavy (non-hydrogen) atoms. The van der Waals surface area contributed by atoms with E-state index < -0.39 is 17.5 Å². The molecule has 0 bridgehead atoms. The van der Waals surface area contributed by atoms with Gasteiger partial charge in [0.25, 0.3) is 0 Å². The molecule has 0 aromatic heterocycles. The highest BCUT2D eigenvalue weighted by molar-refractivity contribution is 5.35. The van der Waals surface area contributed by atoms with Crippen molar-refractivity contribution in [3.63, 3.8) is 0 Å². The lowest BCUT2D eigenvalue weighted by Gasteiger charge is -2.08. The molecule has 2 nitrogen and oxygen atoms in total. The summed E-state index contributed by atoms with van der Waals surface area (Å²) in [6, 6.07) is 6.93. The smallest absolute Gasteiger partial charge is 0.201 e. The van der Waals surface area contributed by atoms with Crippen LogP contribution in [0.3, 0.4) is 0 Å². The summed E-state index contributed by atoms with van der Waals surface area (Å²) < 4.78 is 44.5. The largest absolute Gasteiger partial charge is 0.454 e. The molecule has 1 N–H and O–H groups in total. The molecule has 2 aromatic rings. The second kappa shape index (κ2) is 5.10. The van der Waals surface area contributed by atoms with Crippen molar-refractivity contribution >= 4 is 0 Å². The van der Waals surface area contributed by atoms with E-state index in [1.165, 1.54) is 18.2 Å². The van der Waals surface area contributed by atoms with Gasteiger partial charge in [-0.15, -0.1) is 0 Å². The maximum atomic E-state index is 13.3. The number of hydrogen-bond donors (Lipinski definition) is 1. The van der Waals surface area contributed by atoms with Crippen molar-refractivity contribution < 1.29 is 23.0 Å². The van der Waals surface area contributed by atoms with Crippen LogP contribution in [0.5, 0.6) is 11.5 Å². The molecule has 2 rings (SSSR count). The van der Waals surface area contributed by atoms with Crippen LogP contribution >= 0.6 is 0 Å². The minimum atomic E-state index is -1.15. The van der Waals surface area contributed by atoms with Crippen LogP contribution in [0, 0.1) is 17.5 Å². The maximum Gasteiger partial charge on any atom is 0.201 e. The van der Waals surface area contributed by atoms with Crippen LogP contribution in [0.2, 0.25) is 0 Å². The van der Waals surface area contributed by atoms with E-state index in [1.54, 1.807) is 0 Å². The Morgan fingerprint density at radius 1 is 1.06 bits per heavy atom. The molecule has 0 aliphatic heterocycles. The van der Waals surface area contributed by atoms with E-state index in [1.807, 2.05) is 0 Å². The average molecular weight is 254 g/mol. The van der Waals surface area contributed by atoms with Gasteiger partial charge < -0.3 is 9.84 Å². The first-order chi connectivity index (χ1) is 8.60. The molecule has 0 amide bonds. The first kappa shape index (κ1) is 12.4. The van der Waals surface area contributed by atoms with Gasteiger partial charge in [0.05, 0.1) is 6.61 Å². The molecule has 2 aromatic carbocycles. The van der Waals surface area contributed by atoms with Crippen molar-refractivity contribution in [1.29, 1.82) is 0 Å². The van der Waals surface area contributed by atoms with Gasteiger partial charge >= 0.3 is 0 Å². The number of ether oxygens (including phenoxy) is 1. The number of halogens is 3. The fraction of sp³-hybridized carbons (Fsp3) is 0.0769. The zero-order valence-electron chi connectivity index (χ0n) is 9.16. The van der Waals surface area contributed by atoms with Gasteiger partial charge in [0.15, 0.2) is 11.6 Å². The number of benzene rings is 2. The number of aliphatic hydroxyl groups is 1. The average Bonchev–Trinajstić information content (AvgIpc) is 2.34. The first-order valence-electron chi connectivity index (χ1n) is 5.12. The van der Waals surface area contributed by atoms with E-state index in [9.17, 15) is 13.2 Å².